The number of urea groups is 1. The summed E-state index contributed by atoms with van der Waals surface area (Å²) >= 11 is 12.1. The maximum Gasteiger partial charge on any atom is 0.316 e. The third-order valence-electron chi connectivity index (χ3n) is 5.49. The van der Waals surface area contributed by atoms with Gasteiger partial charge in [0.2, 0.25) is 0 Å². The van der Waals surface area contributed by atoms with Crippen molar-refractivity contribution in [3.05, 3.63) is 51.4 Å². The standard InChI is InChI=1S/C25H30Cl2FN5O2/c1-25(2,32-24(34)30-10-13-33-11-3-4-12-33)9-7-17-15-21(23(29)31-16-17)35-14-8-18-19(26)5-6-20(28)22(18)27/h5-6,15-16H,3-4,8,10-14H2,1-2H3,(H2,29,31)(H2,30,32,34). The summed E-state index contributed by atoms with van der Waals surface area (Å²) in [6.07, 6.45) is 4.25. The summed E-state index contributed by atoms with van der Waals surface area (Å²) in [7, 11) is 0. The SMILES string of the molecule is CC(C)(C#Cc1cnc(N)c(OCCc2c(Cl)ccc(F)c2Cl)c1)NC(=O)NCCN1CCCC1. The van der Waals surface area contributed by atoms with Crippen LogP contribution in [0.15, 0.2) is 24.4 Å². The average molecular weight is 522 g/mol. The number of carbonyl (C=O) groups excluding carboxylic acids is 1. The smallest absolute Gasteiger partial charge is 0.316 e. The van der Waals surface area contributed by atoms with E-state index in [-0.39, 0.29) is 29.9 Å². The highest BCUT2D eigenvalue weighted by Crippen LogP contribution is 2.28. The molecule has 10 heteroatoms. The van der Waals surface area contributed by atoms with Crippen LogP contribution in [-0.4, -0.2) is 54.2 Å². The lowest BCUT2D eigenvalue weighted by Gasteiger charge is -2.21. The lowest BCUT2D eigenvalue weighted by molar-refractivity contribution is 0.232. The highest BCUT2D eigenvalue weighted by molar-refractivity contribution is 6.36. The fraction of sp³-hybridized carbons (Fsp3) is 0.440. The van der Waals surface area contributed by atoms with E-state index >= 15 is 0 Å². The molecule has 4 N–H and O–H groups in total. The van der Waals surface area contributed by atoms with Crippen molar-refractivity contribution in [1.82, 2.24) is 20.5 Å². The van der Waals surface area contributed by atoms with Crippen molar-refractivity contribution < 1.29 is 13.9 Å². The predicted octanol–water partition coefficient (Wildman–Crippen LogP) is 4.26. The van der Waals surface area contributed by atoms with Gasteiger partial charge in [0, 0.05) is 42.4 Å². The topological polar surface area (TPSA) is 92.5 Å². The van der Waals surface area contributed by atoms with Gasteiger partial charge in [-0.05, 0) is 57.5 Å². The van der Waals surface area contributed by atoms with Crippen LogP contribution in [0.5, 0.6) is 5.75 Å². The van der Waals surface area contributed by atoms with Crippen LogP contribution in [0.25, 0.3) is 0 Å². The summed E-state index contributed by atoms with van der Waals surface area (Å²) in [4.78, 5) is 18.7. The molecule has 0 atom stereocenters. The summed E-state index contributed by atoms with van der Waals surface area (Å²) in [6.45, 7) is 7.41. The molecular weight excluding hydrogens is 492 g/mol. The summed E-state index contributed by atoms with van der Waals surface area (Å²) in [6, 6.07) is 4.07. The van der Waals surface area contributed by atoms with E-state index in [9.17, 15) is 9.18 Å². The molecule has 0 spiro atoms. The normalized spacial score (nSPS) is 13.7. The summed E-state index contributed by atoms with van der Waals surface area (Å²) in [5.74, 6) is 6.04. The Balaban J connectivity index is 1.54. The lowest BCUT2D eigenvalue weighted by atomic mass is 10.1. The van der Waals surface area contributed by atoms with Gasteiger partial charge < -0.3 is 26.0 Å². The third kappa shape index (κ3) is 8.17. The zero-order chi connectivity index (χ0) is 25.4. The van der Waals surface area contributed by atoms with E-state index in [2.05, 4.69) is 32.4 Å². The van der Waals surface area contributed by atoms with Crippen molar-refractivity contribution in [2.24, 2.45) is 0 Å². The Labute approximate surface area is 215 Å². The molecule has 0 radical (unpaired) electrons. The number of likely N-dealkylation sites (tertiary alicyclic amines) is 1. The first-order chi connectivity index (χ1) is 16.6. The predicted molar refractivity (Wildman–Crippen MR) is 137 cm³/mol. The van der Waals surface area contributed by atoms with E-state index in [0.29, 0.717) is 28.4 Å². The second-order valence-corrected chi connectivity index (χ2v) is 9.62. The highest BCUT2D eigenvalue weighted by Gasteiger charge is 2.18. The largest absolute Gasteiger partial charge is 0.489 e. The molecule has 3 rings (SSSR count). The molecule has 35 heavy (non-hydrogen) atoms. The Morgan fingerprint density at radius 3 is 2.80 bits per heavy atom. The molecule has 2 amide bonds. The minimum atomic E-state index is -0.773. The second-order valence-electron chi connectivity index (χ2n) is 8.83. The van der Waals surface area contributed by atoms with Gasteiger partial charge >= 0.3 is 6.03 Å². The van der Waals surface area contributed by atoms with Gasteiger partial charge in [0.15, 0.2) is 11.6 Å². The van der Waals surface area contributed by atoms with E-state index < -0.39 is 11.4 Å². The molecule has 1 fully saturated rings. The molecule has 1 aromatic carbocycles. The molecule has 0 bridgehead atoms. The van der Waals surface area contributed by atoms with Gasteiger partial charge in [0.25, 0.3) is 0 Å². The molecule has 1 saturated heterocycles. The number of pyridine rings is 1. The maximum absolute atomic E-state index is 13.7. The van der Waals surface area contributed by atoms with Crippen molar-refractivity contribution in [3.63, 3.8) is 0 Å². The van der Waals surface area contributed by atoms with E-state index in [1.165, 1.54) is 31.2 Å². The first-order valence-corrected chi connectivity index (χ1v) is 12.2. The van der Waals surface area contributed by atoms with Crippen molar-refractivity contribution in [3.8, 4) is 17.6 Å². The molecule has 0 aliphatic carbocycles. The number of aromatic nitrogens is 1. The van der Waals surface area contributed by atoms with Crippen LogP contribution in [0.2, 0.25) is 10.0 Å². The van der Waals surface area contributed by atoms with Crippen LogP contribution < -0.4 is 21.1 Å². The molecule has 2 heterocycles. The van der Waals surface area contributed by atoms with Gasteiger partial charge in [0.05, 0.1) is 17.2 Å². The van der Waals surface area contributed by atoms with Crippen LogP contribution in [0, 0.1) is 17.7 Å². The minimum Gasteiger partial charge on any atom is -0.489 e. The summed E-state index contributed by atoms with van der Waals surface area (Å²) in [5, 5.41) is 6.08. The monoisotopic (exact) mass is 521 g/mol. The number of benzene rings is 1. The molecule has 0 saturated carbocycles. The number of anilines is 1. The molecule has 1 aliphatic rings. The number of nitrogen functional groups attached to an aromatic ring is 1. The van der Waals surface area contributed by atoms with E-state index in [4.69, 9.17) is 33.7 Å². The van der Waals surface area contributed by atoms with Gasteiger partial charge in [0.1, 0.15) is 5.82 Å². The average Bonchev–Trinajstić information content (AvgIpc) is 3.32. The number of hydrogen-bond acceptors (Lipinski definition) is 5. The van der Waals surface area contributed by atoms with Crippen molar-refractivity contribution in [2.45, 2.75) is 38.6 Å². The molecule has 1 aliphatic heterocycles. The van der Waals surface area contributed by atoms with Crippen LogP contribution in [0.1, 0.15) is 37.8 Å². The molecule has 7 nitrogen and oxygen atoms in total. The Kier molecular flexibility index (Phi) is 9.44. The first-order valence-electron chi connectivity index (χ1n) is 11.5. The summed E-state index contributed by atoms with van der Waals surface area (Å²) < 4.78 is 19.4. The Morgan fingerprint density at radius 2 is 2.06 bits per heavy atom. The lowest BCUT2D eigenvalue weighted by Crippen LogP contribution is -2.48. The number of nitrogens with two attached hydrogens (primary N) is 1. The first kappa shape index (κ1) is 26.9. The van der Waals surface area contributed by atoms with E-state index in [0.717, 1.165) is 19.6 Å². The number of ether oxygens (including phenoxy) is 1. The zero-order valence-electron chi connectivity index (χ0n) is 19.9. The van der Waals surface area contributed by atoms with Gasteiger partial charge in [-0.1, -0.05) is 35.0 Å². The second kappa shape index (κ2) is 12.3. The van der Waals surface area contributed by atoms with Crippen molar-refractivity contribution >= 4 is 35.1 Å². The number of halogens is 3. The maximum atomic E-state index is 13.7. The quantitative estimate of drug-likeness (QED) is 0.356. The number of nitrogens with zero attached hydrogens (tertiary/aromatic N) is 2. The minimum absolute atomic E-state index is 0.0263. The molecule has 188 valence electrons. The Morgan fingerprint density at radius 1 is 1.31 bits per heavy atom. The van der Waals surface area contributed by atoms with E-state index in [1.54, 1.807) is 6.07 Å². The van der Waals surface area contributed by atoms with Crippen molar-refractivity contribution in [2.75, 3.05) is 38.5 Å². The van der Waals surface area contributed by atoms with Crippen LogP contribution >= 0.6 is 23.2 Å². The zero-order valence-corrected chi connectivity index (χ0v) is 21.4. The third-order valence-corrected chi connectivity index (χ3v) is 6.25. The van der Waals surface area contributed by atoms with Gasteiger partial charge in [-0.15, -0.1) is 0 Å². The molecular formula is C25H30Cl2FN5O2. The highest BCUT2D eigenvalue weighted by atomic mass is 35.5. The van der Waals surface area contributed by atoms with Crippen molar-refractivity contribution in [1.29, 1.82) is 0 Å². The van der Waals surface area contributed by atoms with Gasteiger partial charge in [-0.2, -0.15) is 0 Å². The van der Waals surface area contributed by atoms with E-state index in [1.807, 2.05) is 13.8 Å². The summed E-state index contributed by atoms with van der Waals surface area (Å²) in [5.41, 5.74) is 6.18. The van der Waals surface area contributed by atoms with Crippen LogP contribution in [0.3, 0.4) is 0 Å². The molecule has 2 aromatic rings. The Hall–Kier alpha value is -2.73. The Bertz CT molecular complexity index is 1110. The number of rotatable bonds is 8. The number of nitrogens with one attached hydrogen (secondary N) is 2. The van der Waals surface area contributed by atoms with Gasteiger partial charge in [-0.25, -0.2) is 14.2 Å². The molecule has 0 unspecified atom stereocenters. The molecule has 1 aromatic heterocycles. The fourth-order valence-corrected chi connectivity index (χ4v) is 4.18. The number of hydrogen-bond donors (Lipinski definition) is 3. The fourth-order valence-electron chi connectivity index (χ4n) is 3.62. The van der Waals surface area contributed by atoms with Crippen LogP contribution in [0.4, 0.5) is 15.0 Å². The number of carbonyl (C=O) groups is 1. The van der Waals surface area contributed by atoms with Gasteiger partial charge in [-0.3, -0.25) is 0 Å². The number of amides is 2. The van der Waals surface area contributed by atoms with Crippen LogP contribution in [-0.2, 0) is 6.42 Å².